The summed E-state index contributed by atoms with van der Waals surface area (Å²) in [6, 6.07) is 22.8. The number of halogens is 1. The summed E-state index contributed by atoms with van der Waals surface area (Å²) < 4.78 is 1.81. The van der Waals surface area contributed by atoms with Gasteiger partial charge in [0.05, 0.1) is 12.6 Å². The Morgan fingerprint density at radius 1 is 1.00 bits per heavy atom. The van der Waals surface area contributed by atoms with Gasteiger partial charge in [-0.1, -0.05) is 66.2 Å². The van der Waals surface area contributed by atoms with Crippen molar-refractivity contribution in [3.8, 4) is 0 Å². The second-order valence-corrected chi connectivity index (χ2v) is 12.5. The number of rotatable bonds is 8. The number of carbonyl (C=O) groups is 2. The van der Waals surface area contributed by atoms with Crippen LogP contribution in [0.15, 0.2) is 85.5 Å². The van der Waals surface area contributed by atoms with Gasteiger partial charge in [0.1, 0.15) is 18.7 Å². The van der Waals surface area contributed by atoms with Crippen molar-refractivity contribution in [3.05, 3.63) is 113 Å². The summed E-state index contributed by atoms with van der Waals surface area (Å²) in [5, 5.41) is 11.5. The van der Waals surface area contributed by atoms with E-state index in [1.807, 2.05) is 58.1 Å². The number of amides is 2. The first-order valence-corrected chi connectivity index (χ1v) is 15.5. The van der Waals surface area contributed by atoms with Crippen LogP contribution < -0.4 is 15.5 Å². The van der Waals surface area contributed by atoms with Crippen molar-refractivity contribution in [2.45, 2.75) is 50.9 Å². The molecule has 3 heterocycles. The molecular weight excluding hydrogens is 574 g/mol. The fourth-order valence-corrected chi connectivity index (χ4v) is 6.54. The van der Waals surface area contributed by atoms with Gasteiger partial charge in [-0.05, 0) is 60.7 Å². The molecule has 2 atom stereocenters. The van der Waals surface area contributed by atoms with Gasteiger partial charge in [0, 0.05) is 48.8 Å². The minimum Gasteiger partial charge on any atom is -0.368 e. The molecule has 1 fully saturated rings. The number of hydrogen-bond acceptors (Lipinski definition) is 6. The zero-order valence-corrected chi connectivity index (χ0v) is 25.9. The highest BCUT2D eigenvalue weighted by Crippen LogP contribution is 2.30. The van der Waals surface area contributed by atoms with Crippen molar-refractivity contribution in [2.75, 3.05) is 31.1 Å². The van der Waals surface area contributed by atoms with Crippen molar-refractivity contribution in [2.24, 2.45) is 0 Å². The van der Waals surface area contributed by atoms with Gasteiger partial charge < -0.3 is 15.1 Å². The Bertz CT molecular complexity index is 1600. The second kappa shape index (κ2) is 12.8. The molecule has 4 aromatic rings. The quantitative estimate of drug-likeness (QED) is 0.315. The monoisotopic (exact) mass is 611 g/mol. The van der Waals surface area contributed by atoms with E-state index in [0.29, 0.717) is 50.6 Å². The first-order chi connectivity index (χ1) is 21.3. The largest absolute Gasteiger partial charge is 0.368 e. The van der Waals surface area contributed by atoms with Crippen LogP contribution in [0.5, 0.6) is 0 Å². The highest BCUT2D eigenvalue weighted by atomic mass is 35.5. The molecule has 9 nitrogen and oxygen atoms in total. The van der Waals surface area contributed by atoms with Gasteiger partial charge in [0.15, 0.2) is 0 Å². The zero-order valence-electron chi connectivity index (χ0n) is 25.1. The first kappa shape index (κ1) is 29.8. The van der Waals surface area contributed by atoms with Crippen molar-refractivity contribution in [3.63, 3.8) is 0 Å². The van der Waals surface area contributed by atoms with Crippen molar-refractivity contribution < 1.29 is 9.59 Å². The molecule has 44 heavy (non-hydrogen) atoms. The van der Waals surface area contributed by atoms with Gasteiger partial charge in [-0.25, -0.2) is 9.67 Å². The summed E-state index contributed by atoms with van der Waals surface area (Å²) in [6.45, 7) is 7.31. The molecule has 1 saturated heterocycles. The number of hydrogen-bond donors (Lipinski definition) is 2. The van der Waals surface area contributed by atoms with E-state index in [2.05, 4.69) is 63.7 Å². The molecule has 2 aliphatic heterocycles. The summed E-state index contributed by atoms with van der Waals surface area (Å²) in [6.07, 6.45) is 4.21. The average molecular weight is 612 g/mol. The number of carbonyl (C=O) groups excluding carboxylic acids is 2. The van der Waals surface area contributed by atoms with Crippen molar-refractivity contribution >= 4 is 29.1 Å². The van der Waals surface area contributed by atoms with E-state index in [4.69, 9.17) is 11.6 Å². The molecule has 2 unspecified atom stereocenters. The normalized spacial score (nSPS) is 18.4. The van der Waals surface area contributed by atoms with Gasteiger partial charge in [-0.15, -0.1) is 0 Å². The Kier molecular flexibility index (Phi) is 8.68. The topological polar surface area (TPSA) is 95.4 Å². The number of benzene rings is 3. The number of fused-ring (bicyclic) bond motifs is 1. The van der Waals surface area contributed by atoms with Crippen LogP contribution in [0.25, 0.3) is 0 Å². The fourth-order valence-electron chi connectivity index (χ4n) is 6.41. The molecule has 0 bridgehead atoms. The van der Waals surface area contributed by atoms with Crippen LogP contribution >= 0.6 is 11.6 Å². The number of piperazine rings is 1. The van der Waals surface area contributed by atoms with E-state index in [0.717, 1.165) is 22.4 Å². The molecule has 0 saturated carbocycles. The van der Waals surface area contributed by atoms with Crippen LogP contribution in [0.1, 0.15) is 36.1 Å². The molecule has 3 aromatic carbocycles. The maximum Gasteiger partial charge on any atom is 0.245 e. The highest BCUT2D eigenvalue weighted by Gasteiger charge is 2.37. The molecule has 2 amide bonds. The average Bonchev–Trinajstić information content (AvgIpc) is 3.54. The van der Waals surface area contributed by atoms with Gasteiger partial charge in [0.25, 0.3) is 0 Å². The first-order valence-electron chi connectivity index (χ1n) is 15.1. The van der Waals surface area contributed by atoms with Gasteiger partial charge in [-0.2, -0.15) is 5.10 Å². The lowest BCUT2D eigenvalue weighted by atomic mass is 9.82. The lowest BCUT2D eigenvalue weighted by Crippen LogP contribution is -2.60. The predicted octanol–water partition coefficient (Wildman–Crippen LogP) is 3.81. The fraction of sp³-hybridized carbons (Fsp3) is 0.353. The molecule has 0 spiro atoms. The SMILES string of the molecule is CC1(C)NC(C(=O)NC(Cc2ccc(Cl)cc2)C(=O)N2CCN(c3ccccc3Cn3cncn3)CC2)Cc2ccccc21. The molecular formula is C34H38ClN7O2. The third-order valence-electron chi connectivity index (χ3n) is 8.66. The van der Waals surface area contributed by atoms with E-state index in [-0.39, 0.29) is 17.4 Å². The van der Waals surface area contributed by atoms with Crippen molar-refractivity contribution in [1.29, 1.82) is 0 Å². The smallest absolute Gasteiger partial charge is 0.245 e. The van der Waals surface area contributed by atoms with E-state index >= 15 is 0 Å². The molecule has 0 aliphatic carbocycles. The number of nitrogens with one attached hydrogen (secondary N) is 2. The lowest BCUT2D eigenvalue weighted by Gasteiger charge is -2.40. The standard InChI is InChI=1S/C34H38ClN7O2/c1-34(2)28-9-5-3-7-25(28)20-29(39-34)32(43)38-30(19-24-11-13-27(35)14-12-24)33(44)41-17-15-40(16-18-41)31-10-6-4-8-26(31)21-42-23-36-22-37-42/h3-14,22-23,29-30,39H,15-21H2,1-2H3,(H,38,43). The van der Waals surface area contributed by atoms with Crippen molar-refractivity contribution in [1.82, 2.24) is 30.3 Å². The Morgan fingerprint density at radius 3 is 2.48 bits per heavy atom. The van der Waals surface area contributed by atoms with Gasteiger partial charge >= 0.3 is 0 Å². The number of anilines is 1. The van der Waals surface area contributed by atoms with Gasteiger partial charge in [-0.3, -0.25) is 14.9 Å². The Hall–Kier alpha value is -4.21. The van der Waals surface area contributed by atoms with Gasteiger partial charge in [0.2, 0.25) is 11.8 Å². The Morgan fingerprint density at radius 2 is 1.73 bits per heavy atom. The lowest BCUT2D eigenvalue weighted by molar-refractivity contribution is -0.137. The minimum atomic E-state index is -0.697. The number of nitrogens with zero attached hydrogens (tertiary/aromatic N) is 5. The van der Waals surface area contributed by atoms with Crippen LogP contribution in [0.2, 0.25) is 5.02 Å². The maximum absolute atomic E-state index is 14.1. The minimum absolute atomic E-state index is 0.0701. The van der Waals surface area contributed by atoms with Crippen LogP contribution in [-0.4, -0.2) is 69.7 Å². The van der Waals surface area contributed by atoms with Crippen LogP contribution in [-0.2, 0) is 34.5 Å². The van der Waals surface area contributed by atoms with Crippen LogP contribution in [0.3, 0.4) is 0 Å². The maximum atomic E-state index is 14.1. The summed E-state index contributed by atoms with van der Waals surface area (Å²) in [4.78, 5) is 36.1. The summed E-state index contributed by atoms with van der Waals surface area (Å²) >= 11 is 6.14. The number of para-hydroxylation sites is 1. The molecule has 0 radical (unpaired) electrons. The van der Waals surface area contributed by atoms with E-state index in [1.165, 1.54) is 11.9 Å². The third kappa shape index (κ3) is 6.64. The van der Waals surface area contributed by atoms with E-state index in [1.54, 1.807) is 6.33 Å². The zero-order chi connectivity index (χ0) is 30.7. The predicted molar refractivity (Wildman–Crippen MR) is 172 cm³/mol. The molecule has 10 heteroatoms. The van der Waals surface area contributed by atoms with E-state index < -0.39 is 12.1 Å². The summed E-state index contributed by atoms with van der Waals surface area (Å²) in [7, 11) is 0. The molecule has 228 valence electrons. The van der Waals surface area contributed by atoms with Crippen LogP contribution in [0, 0.1) is 0 Å². The Labute approximate surface area is 263 Å². The summed E-state index contributed by atoms with van der Waals surface area (Å²) in [5.74, 6) is -0.236. The highest BCUT2D eigenvalue weighted by molar-refractivity contribution is 6.30. The third-order valence-corrected chi connectivity index (χ3v) is 8.91. The number of aromatic nitrogens is 3. The van der Waals surface area contributed by atoms with E-state index in [9.17, 15) is 9.59 Å². The Balaban J connectivity index is 1.16. The molecule has 6 rings (SSSR count). The van der Waals surface area contributed by atoms with Crippen LogP contribution in [0.4, 0.5) is 5.69 Å². The molecule has 2 N–H and O–H groups in total. The molecule has 2 aliphatic rings. The second-order valence-electron chi connectivity index (χ2n) is 12.1. The summed E-state index contributed by atoms with van der Waals surface area (Å²) in [5.41, 5.74) is 5.20. The molecule has 1 aromatic heterocycles.